The number of methoxy groups -OCH3 is 2. The molecule has 0 aliphatic carbocycles. The van der Waals surface area contributed by atoms with Crippen molar-refractivity contribution in [2.75, 3.05) is 19.5 Å². The molecule has 0 spiro atoms. The van der Waals surface area contributed by atoms with Gasteiger partial charge in [-0.2, -0.15) is 0 Å². The van der Waals surface area contributed by atoms with E-state index in [4.69, 9.17) is 37.1 Å². The van der Waals surface area contributed by atoms with Gasteiger partial charge < -0.3 is 19.2 Å². The molecule has 4 rings (SSSR count). The Kier molecular flexibility index (Phi) is 6.30. The molecule has 0 bridgehead atoms. The van der Waals surface area contributed by atoms with Gasteiger partial charge in [-0.25, -0.2) is 0 Å². The van der Waals surface area contributed by atoms with E-state index in [-0.39, 0.29) is 0 Å². The van der Waals surface area contributed by atoms with E-state index in [0.29, 0.717) is 39.0 Å². The molecule has 3 aromatic carbocycles. The number of anilines is 1. The van der Waals surface area contributed by atoms with Crippen LogP contribution in [0.5, 0.6) is 11.5 Å². The van der Waals surface area contributed by atoms with Gasteiger partial charge in [-0.1, -0.05) is 53.5 Å². The van der Waals surface area contributed by atoms with Gasteiger partial charge in [0.2, 0.25) is 11.8 Å². The quantitative estimate of drug-likeness (QED) is 0.354. The van der Waals surface area contributed by atoms with Crippen LogP contribution in [0.2, 0.25) is 10.0 Å². The highest BCUT2D eigenvalue weighted by Crippen LogP contribution is 2.39. The minimum absolute atomic E-state index is 0.384. The van der Waals surface area contributed by atoms with Gasteiger partial charge in [0, 0.05) is 16.7 Å². The van der Waals surface area contributed by atoms with Crippen LogP contribution in [-0.2, 0) is 0 Å². The first kappa shape index (κ1) is 21.0. The Morgan fingerprint density at radius 2 is 1.58 bits per heavy atom. The summed E-state index contributed by atoms with van der Waals surface area (Å²) in [5.74, 6) is 1.88. The molecule has 1 N–H and O–H groups in total. The van der Waals surface area contributed by atoms with E-state index in [0.717, 1.165) is 11.1 Å². The highest BCUT2D eigenvalue weighted by atomic mass is 35.5. The number of hydrogen-bond acceptors (Lipinski definition) is 6. The predicted molar refractivity (Wildman–Crippen MR) is 121 cm³/mol. The number of halogens is 2. The van der Waals surface area contributed by atoms with Crippen LogP contribution in [0.1, 0.15) is 17.5 Å². The molecule has 1 atom stereocenters. The summed E-state index contributed by atoms with van der Waals surface area (Å²) in [5, 5.41) is 13.0. The van der Waals surface area contributed by atoms with Gasteiger partial charge in [0.15, 0.2) is 0 Å². The van der Waals surface area contributed by atoms with Crippen LogP contribution in [0.25, 0.3) is 11.5 Å². The van der Waals surface area contributed by atoms with Crippen LogP contribution in [0, 0.1) is 0 Å². The summed E-state index contributed by atoms with van der Waals surface area (Å²) in [6, 6.07) is 20.0. The zero-order chi connectivity index (χ0) is 21.8. The zero-order valence-electron chi connectivity index (χ0n) is 16.8. The zero-order valence-corrected chi connectivity index (χ0v) is 18.3. The molecule has 8 heteroatoms. The Hall–Kier alpha value is -3.22. The average molecular weight is 456 g/mol. The number of nitrogens with zero attached hydrogens (tertiary/aromatic N) is 2. The lowest BCUT2D eigenvalue weighted by Crippen LogP contribution is -2.13. The summed E-state index contributed by atoms with van der Waals surface area (Å²) < 4.78 is 16.8. The number of nitrogens with one attached hydrogen (secondary N) is 1. The van der Waals surface area contributed by atoms with Crippen molar-refractivity contribution in [3.8, 4) is 23.0 Å². The summed E-state index contributed by atoms with van der Waals surface area (Å²) >= 11 is 12.4. The van der Waals surface area contributed by atoms with Crippen LogP contribution in [0.4, 0.5) is 5.69 Å². The molecule has 158 valence electrons. The van der Waals surface area contributed by atoms with E-state index >= 15 is 0 Å². The predicted octanol–water partition coefficient (Wildman–Crippen LogP) is 6.26. The Labute approximate surface area is 189 Å². The van der Waals surface area contributed by atoms with Gasteiger partial charge in [0.25, 0.3) is 0 Å². The van der Waals surface area contributed by atoms with Crippen LogP contribution in [-0.4, -0.2) is 24.4 Å². The van der Waals surface area contributed by atoms with Crippen molar-refractivity contribution in [2.24, 2.45) is 0 Å². The summed E-state index contributed by atoms with van der Waals surface area (Å²) in [4.78, 5) is 0. The molecular formula is C23H19Cl2N3O3. The molecule has 6 nitrogen and oxygen atoms in total. The van der Waals surface area contributed by atoms with Gasteiger partial charge in [0.05, 0.1) is 24.9 Å². The van der Waals surface area contributed by atoms with Crippen molar-refractivity contribution in [1.29, 1.82) is 0 Å². The first-order valence-corrected chi connectivity index (χ1v) is 10.2. The summed E-state index contributed by atoms with van der Waals surface area (Å²) in [6.07, 6.45) is 0. The fourth-order valence-corrected chi connectivity index (χ4v) is 3.49. The van der Waals surface area contributed by atoms with Gasteiger partial charge >= 0.3 is 0 Å². The maximum absolute atomic E-state index is 6.35. The molecule has 0 fully saturated rings. The Morgan fingerprint density at radius 1 is 0.871 bits per heavy atom. The standard InChI is InChI=1S/C23H19Cl2N3O3/c1-29-19-13-20(30-2)18(12-17(19)25)26-21(14-8-10-16(24)11-9-14)23-28-27-22(31-23)15-6-4-3-5-7-15/h3-13,21,26H,1-2H3. The maximum atomic E-state index is 6.35. The lowest BCUT2D eigenvalue weighted by Gasteiger charge is -2.20. The van der Waals surface area contributed by atoms with Crippen LogP contribution in [0.3, 0.4) is 0 Å². The molecule has 0 aliphatic heterocycles. The molecule has 31 heavy (non-hydrogen) atoms. The third-order valence-corrected chi connectivity index (χ3v) is 5.23. The molecule has 0 aliphatic rings. The topological polar surface area (TPSA) is 69.4 Å². The summed E-state index contributed by atoms with van der Waals surface area (Å²) in [6.45, 7) is 0. The maximum Gasteiger partial charge on any atom is 0.247 e. The van der Waals surface area contributed by atoms with Crippen molar-refractivity contribution in [3.63, 3.8) is 0 Å². The average Bonchev–Trinajstić information content (AvgIpc) is 3.29. The molecule has 0 amide bonds. The molecule has 0 saturated heterocycles. The van der Waals surface area contributed by atoms with Crippen molar-refractivity contribution in [2.45, 2.75) is 6.04 Å². The molecule has 0 radical (unpaired) electrons. The van der Waals surface area contributed by atoms with E-state index in [2.05, 4.69) is 15.5 Å². The number of hydrogen-bond donors (Lipinski definition) is 1. The second-order valence-electron chi connectivity index (χ2n) is 6.63. The third-order valence-electron chi connectivity index (χ3n) is 4.69. The third kappa shape index (κ3) is 4.60. The van der Waals surface area contributed by atoms with Crippen LogP contribution < -0.4 is 14.8 Å². The van der Waals surface area contributed by atoms with Gasteiger partial charge in [-0.15, -0.1) is 10.2 Å². The SMILES string of the molecule is COc1cc(OC)c(NC(c2ccc(Cl)cc2)c2nnc(-c3ccccc3)o2)cc1Cl. The van der Waals surface area contributed by atoms with Crippen LogP contribution in [0.15, 0.2) is 71.1 Å². The minimum Gasteiger partial charge on any atom is -0.495 e. The number of rotatable bonds is 7. The Bertz CT molecular complexity index is 1160. The molecule has 1 heterocycles. The van der Waals surface area contributed by atoms with E-state index in [1.165, 1.54) is 0 Å². The van der Waals surface area contributed by atoms with Crippen molar-refractivity contribution in [1.82, 2.24) is 10.2 Å². The summed E-state index contributed by atoms with van der Waals surface area (Å²) in [7, 11) is 3.12. The smallest absolute Gasteiger partial charge is 0.247 e. The molecule has 1 aromatic heterocycles. The Morgan fingerprint density at radius 3 is 2.26 bits per heavy atom. The first-order chi connectivity index (χ1) is 15.1. The molecule has 1 unspecified atom stereocenters. The highest BCUT2D eigenvalue weighted by Gasteiger charge is 2.23. The Balaban J connectivity index is 1.75. The van der Waals surface area contributed by atoms with Crippen LogP contribution >= 0.6 is 23.2 Å². The van der Waals surface area contributed by atoms with E-state index in [9.17, 15) is 0 Å². The largest absolute Gasteiger partial charge is 0.495 e. The first-order valence-electron chi connectivity index (χ1n) is 9.41. The normalized spacial score (nSPS) is 11.7. The highest BCUT2D eigenvalue weighted by molar-refractivity contribution is 6.32. The lowest BCUT2D eigenvalue weighted by molar-refractivity contribution is 0.395. The number of ether oxygens (including phenoxy) is 2. The number of benzene rings is 3. The summed E-state index contributed by atoms with van der Waals surface area (Å²) in [5.41, 5.74) is 2.36. The van der Waals surface area contributed by atoms with Crippen molar-refractivity contribution in [3.05, 3.63) is 88.2 Å². The van der Waals surface area contributed by atoms with Gasteiger partial charge in [0.1, 0.15) is 17.5 Å². The molecule has 4 aromatic rings. The van der Waals surface area contributed by atoms with Gasteiger partial charge in [-0.05, 0) is 35.9 Å². The minimum atomic E-state index is -0.472. The van der Waals surface area contributed by atoms with E-state index < -0.39 is 6.04 Å². The number of aromatic nitrogens is 2. The lowest BCUT2D eigenvalue weighted by atomic mass is 10.1. The van der Waals surface area contributed by atoms with Crippen molar-refractivity contribution >= 4 is 28.9 Å². The van der Waals surface area contributed by atoms with Gasteiger partial charge in [-0.3, -0.25) is 0 Å². The molecule has 0 saturated carbocycles. The fourth-order valence-electron chi connectivity index (χ4n) is 3.12. The van der Waals surface area contributed by atoms with Crippen molar-refractivity contribution < 1.29 is 13.9 Å². The second kappa shape index (κ2) is 9.29. The fraction of sp³-hybridized carbons (Fsp3) is 0.130. The second-order valence-corrected chi connectivity index (χ2v) is 7.47. The monoisotopic (exact) mass is 455 g/mol. The molecular weight excluding hydrogens is 437 g/mol. The van der Waals surface area contributed by atoms with E-state index in [1.54, 1.807) is 38.5 Å². The van der Waals surface area contributed by atoms with E-state index in [1.807, 2.05) is 42.5 Å².